The number of aromatic amines is 1. The molecule has 3 aromatic rings. The van der Waals surface area contributed by atoms with E-state index in [1.807, 2.05) is 24.1 Å². The van der Waals surface area contributed by atoms with E-state index in [9.17, 15) is 9.59 Å². The second-order valence-electron chi connectivity index (χ2n) is 6.28. The monoisotopic (exact) mass is 345 g/mol. The van der Waals surface area contributed by atoms with Gasteiger partial charge in [0, 0.05) is 13.6 Å². The molecule has 0 saturated heterocycles. The number of hydrogen-bond acceptors (Lipinski definition) is 5. The third-order valence-electron chi connectivity index (χ3n) is 4.26. The van der Waals surface area contributed by atoms with Crippen LogP contribution in [0.1, 0.15) is 31.4 Å². The third kappa shape index (κ3) is 3.43. The highest BCUT2D eigenvalue weighted by Gasteiger charge is 2.17. The first-order chi connectivity index (χ1) is 12.0. The zero-order chi connectivity index (χ0) is 18.0. The fraction of sp³-hybridized carbons (Fsp3) is 0.471. The summed E-state index contributed by atoms with van der Waals surface area (Å²) in [6, 6.07) is 3.77. The number of hydrogen-bond donors (Lipinski definition) is 1. The number of nitrogens with zero attached hydrogens (tertiary/aromatic N) is 4. The maximum absolute atomic E-state index is 12.2. The van der Waals surface area contributed by atoms with Crippen LogP contribution in [-0.4, -0.2) is 31.0 Å². The van der Waals surface area contributed by atoms with Crippen LogP contribution in [-0.2, 0) is 26.7 Å². The largest absolute Gasteiger partial charge is 0.468 e. The molecule has 8 heteroatoms. The minimum Gasteiger partial charge on any atom is -0.468 e. The van der Waals surface area contributed by atoms with Gasteiger partial charge in [0.15, 0.2) is 11.2 Å². The average molecular weight is 345 g/mol. The van der Waals surface area contributed by atoms with E-state index in [1.54, 1.807) is 22.4 Å². The highest BCUT2D eigenvalue weighted by molar-refractivity contribution is 5.70. The lowest BCUT2D eigenvalue weighted by atomic mass is 10.3. The zero-order valence-corrected chi connectivity index (χ0v) is 14.8. The minimum atomic E-state index is -0.403. The normalized spacial score (nSPS) is 11.7. The van der Waals surface area contributed by atoms with Crippen molar-refractivity contribution in [1.82, 2.24) is 24.0 Å². The Kier molecular flexibility index (Phi) is 4.89. The first-order valence-corrected chi connectivity index (χ1v) is 8.40. The smallest absolute Gasteiger partial charge is 0.330 e. The van der Waals surface area contributed by atoms with Gasteiger partial charge in [0.1, 0.15) is 11.6 Å². The van der Waals surface area contributed by atoms with E-state index in [1.165, 1.54) is 0 Å². The minimum absolute atomic E-state index is 0.400. The molecule has 0 amide bonds. The first kappa shape index (κ1) is 17.2. The van der Waals surface area contributed by atoms with Crippen molar-refractivity contribution in [3.05, 3.63) is 50.8 Å². The molecule has 0 fully saturated rings. The van der Waals surface area contributed by atoms with Crippen molar-refractivity contribution < 1.29 is 4.42 Å². The summed E-state index contributed by atoms with van der Waals surface area (Å²) in [4.78, 5) is 33.4. The maximum Gasteiger partial charge on any atom is 0.330 e. The van der Waals surface area contributed by atoms with Crippen molar-refractivity contribution in [1.29, 1.82) is 0 Å². The molecule has 3 heterocycles. The van der Waals surface area contributed by atoms with Gasteiger partial charge in [0.05, 0.1) is 19.4 Å². The Hall–Kier alpha value is -2.61. The Balaban J connectivity index is 1.96. The molecule has 25 heavy (non-hydrogen) atoms. The molecule has 0 aliphatic carbocycles. The quantitative estimate of drug-likeness (QED) is 0.700. The van der Waals surface area contributed by atoms with Gasteiger partial charge in [-0.15, -0.1) is 0 Å². The van der Waals surface area contributed by atoms with Gasteiger partial charge in [-0.2, -0.15) is 0 Å². The molecule has 0 aromatic carbocycles. The number of imidazole rings is 1. The Morgan fingerprint density at radius 2 is 2.12 bits per heavy atom. The molecule has 3 rings (SSSR count). The van der Waals surface area contributed by atoms with Gasteiger partial charge in [-0.1, -0.05) is 13.3 Å². The summed E-state index contributed by atoms with van der Waals surface area (Å²) in [6.07, 6.45) is 3.45. The molecule has 0 aliphatic heterocycles. The highest BCUT2D eigenvalue weighted by Crippen LogP contribution is 2.13. The first-order valence-electron chi connectivity index (χ1n) is 8.40. The predicted octanol–water partition coefficient (Wildman–Crippen LogP) is 1.45. The second kappa shape index (κ2) is 7.10. The number of fused-ring (bicyclic) bond motifs is 1. The second-order valence-corrected chi connectivity index (χ2v) is 6.28. The number of rotatable bonds is 7. The van der Waals surface area contributed by atoms with Crippen LogP contribution in [0, 0.1) is 0 Å². The van der Waals surface area contributed by atoms with Gasteiger partial charge < -0.3 is 8.98 Å². The fourth-order valence-corrected chi connectivity index (χ4v) is 2.92. The highest BCUT2D eigenvalue weighted by atomic mass is 16.3. The van der Waals surface area contributed by atoms with Gasteiger partial charge in [-0.05, 0) is 25.6 Å². The number of unbranched alkanes of at least 4 members (excludes halogenated alkanes) is 1. The molecule has 1 N–H and O–H groups in total. The topological polar surface area (TPSA) is 89.1 Å². The van der Waals surface area contributed by atoms with Crippen LogP contribution in [0.3, 0.4) is 0 Å². The Labute approximate surface area is 144 Å². The standard InChI is InChI=1S/C17H23N5O3/c1-4-5-8-22-15-14(16(23)19-17(22)24)21(3)13(18-15)11-20(2)10-12-7-6-9-25-12/h6-7,9H,4-5,8,10-11H2,1-3H3,(H,19,23,24). The predicted molar refractivity (Wildman–Crippen MR) is 94.4 cm³/mol. The average Bonchev–Trinajstić information content (AvgIpc) is 3.16. The van der Waals surface area contributed by atoms with Crippen molar-refractivity contribution in [3.63, 3.8) is 0 Å². The zero-order valence-electron chi connectivity index (χ0n) is 14.8. The fourth-order valence-electron chi connectivity index (χ4n) is 2.92. The molecule has 0 aliphatic rings. The van der Waals surface area contributed by atoms with Crippen LogP contribution in [0.5, 0.6) is 0 Å². The summed E-state index contributed by atoms with van der Waals surface area (Å²) in [7, 11) is 3.76. The number of aromatic nitrogens is 4. The number of nitrogens with one attached hydrogen (secondary N) is 1. The van der Waals surface area contributed by atoms with Crippen LogP contribution in [0.4, 0.5) is 0 Å². The van der Waals surface area contributed by atoms with E-state index in [0.717, 1.165) is 24.4 Å². The molecular weight excluding hydrogens is 322 g/mol. The van der Waals surface area contributed by atoms with Gasteiger partial charge in [0.2, 0.25) is 0 Å². The SMILES string of the molecule is CCCCn1c(=O)[nH]c(=O)c2c1nc(CN(C)Cc1ccco1)n2C. The van der Waals surface area contributed by atoms with Gasteiger partial charge in [-0.25, -0.2) is 9.78 Å². The summed E-state index contributed by atoms with van der Waals surface area (Å²) in [6.45, 7) is 3.77. The number of aryl methyl sites for hydroxylation is 2. The summed E-state index contributed by atoms with van der Waals surface area (Å²) >= 11 is 0. The molecule has 8 nitrogen and oxygen atoms in total. The van der Waals surface area contributed by atoms with Crippen LogP contribution >= 0.6 is 0 Å². The summed E-state index contributed by atoms with van der Waals surface area (Å²) in [5.41, 5.74) is 0.0745. The van der Waals surface area contributed by atoms with Gasteiger partial charge in [0.25, 0.3) is 5.56 Å². The van der Waals surface area contributed by atoms with E-state index in [-0.39, 0.29) is 0 Å². The lowest BCUT2D eigenvalue weighted by molar-refractivity contribution is 0.279. The molecular formula is C17H23N5O3. The molecule has 0 unspecified atom stereocenters. The molecule has 3 aromatic heterocycles. The molecule has 0 spiro atoms. The lowest BCUT2D eigenvalue weighted by Gasteiger charge is -2.14. The van der Waals surface area contributed by atoms with E-state index >= 15 is 0 Å². The summed E-state index contributed by atoms with van der Waals surface area (Å²) in [5, 5.41) is 0. The van der Waals surface area contributed by atoms with Crippen molar-refractivity contribution in [3.8, 4) is 0 Å². The van der Waals surface area contributed by atoms with Crippen LogP contribution < -0.4 is 11.2 Å². The molecule has 134 valence electrons. The van der Waals surface area contributed by atoms with Crippen LogP contribution in [0.2, 0.25) is 0 Å². The van der Waals surface area contributed by atoms with E-state index in [4.69, 9.17) is 4.42 Å². The van der Waals surface area contributed by atoms with Gasteiger partial charge >= 0.3 is 5.69 Å². The number of H-pyrrole nitrogens is 1. The summed E-state index contributed by atoms with van der Waals surface area (Å²) in [5.74, 6) is 1.59. The Bertz CT molecular complexity index is 965. The maximum atomic E-state index is 12.2. The van der Waals surface area contributed by atoms with E-state index < -0.39 is 11.2 Å². The van der Waals surface area contributed by atoms with Crippen molar-refractivity contribution in [2.45, 2.75) is 39.4 Å². The Morgan fingerprint density at radius 1 is 1.32 bits per heavy atom. The van der Waals surface area contributed by atoms with Crippen molar-refractivity contribution in [2.24, 2.45) is 7.05 Å². The van der Waals surface area contributed by atoms with Gasteiger partial charge in [-0.3, -0.25) is 19.2 Å². The summed E-state index contributed by atoms with van der Waals surface area (Å²) < 4.78 is 8.67. The van der Waals surface area contributed by atoms with Crippen molar-refractivity contribution >= 4 is 11.2 Å². The molecule has 0 atom stereocenters. The van der Waals surface area contributed by atoms with E-state index in [2.05, 4.69) is 16.9 Å². The Morgan fingerprint density at radius 3 is 2.80 bits per heavy atom. The molecule has 0 saturated carbocycles. The van der Waals surface area contributed by atoms with Crippen LogP contribution in [0.15, 0.2) is 32.4 Å². The third-order valence-corrected chi connectivity index (χ3v) is 4.26. The lowest BCUT2D eigenvalue weighted by Crippen LogP contribution is -2.31. The molecule has 0 radical (unpaired) electrons. The van der Waals surface area contributed by atoms with E-state index in [0.29, 0.717) is 30.8 Å². The van der Waals surface area contributed by atoms with Crippen molar-refractivity contribution in [2.75, 3.05) is 7.05 Å². The molecule has 0 bridgehead atoms. The number of furan rings is 1. The van der Waals surface area contributed by atoms with Crippen LogP contribution in [0.25, 0.3) is 11.2 Å².